The Balaban J connectivity index is 2.09. The first-order chi connectivity index (χ1) is 8.97. The second-order valence-corrected chi connectivity index (χ2v) is 6.53. The molecule has 0 spiro atoms. The van der Waals surface area contributed by atoms with Gasteiger partial charge in [0.2, 0.25) is 0 Å². The number of hydrogen-bond acceptors (Lipinski definition) is 2. The van der Waals surface area contributed by atoms with Crippen LogP contribution >= 0.6 is 0 Å². The van der Waals surface area contributed by atoms with Gasteiger partial charge in [-0.25, -0.2) is 0 Å². The van der Waals surface area contributed by atoms with E-state index in [1.807, 2.05) is 6.07 Å². The van der Waals surface area contributed by atoms with E-state index in [1.54, 1.807) is 0 Å². The van der Waals surface area contributed by atoms with Gasteiger partial charge >= 0.3 is 0 Å². The molecular weight excluding hydrogens is 234 g/mol. The Morgan fingerprint density at radius 3 is 2.58 bits per heavy atom. The van der Waals surface area contributed by atoms with Crippen LogP contribution in [0, 0.1) is 11.8 Å². The summed E-state index contributed by atoms with van der Waals surface area (Å²) in [5, 5.41) is 0. The Hall–Kier alpha value is -1.02. The Morgan fingerprint density at radius 2 is 1.95 bits per heavy atom. The molecule has 1 fully saturated rings. The lowest BCUT2D eigenvalue weighted by atomic mass is 9.78. The SMILES string of the molecule is CC1CC(C)C(Oc2cccc(C(C)C)c2)C(N)C1. The molecule has 1 aliphatic rings. The molecule has 2 rings (SSSR count). The van der Waals surface area contributed by atoms with Crippen molar-refractivity contribution >= 4 is 0 Å². The molecule has 1 saturated carbocycles. The number of benzene rings is 1. The second-order valence-electron chi connectivity index (χ2n) is 6.53. The zero-order valence-electron chi connectivity index (χ0n) is 12.6. The normalized spacial score (nSPS) is 31.5. The maximum atomic E-state index is 6.28. The van der Waals surface area contributed by atoms with Crippen LogP contribution in [0.15, 0.2) is 24.3 Å². The molecule has 106 valence electrons. The minimum Gasteiger partial charge on any atom is -0.489 e. The summed E-state index contributed by atoms with van der Waals surface area (Å²) in [5.41, 5.74) is 7.60. The average Bonchev–Trinajstić information content (AvgIpc) is 2.34. The molecule has 0 radical (unpaired) electrons. The van der Waals surface area contributed by atoms with Crippen LogP contribution in [0.25, 0.3) is 0 Å². The van der Waals surface area contributed by atoms with E-state index in [9.17, 15) is 0 Å². The van der Waals surface area contributed by atoms with Gasteiger partial charge in [0.05, 0.1) is 0 Å². The Kier molecular flexibility index (Phi) is 4.51. The molecule has 0 saturated heterocycles. The smallest absolute Gasteiger partial charge is 0.120 e. The van der Waals surface area contributed by atoms with E-state index in [0.29, 0.717) is 17.8 Å². The van der Waals surface area contributed by atoms with Crippen LogP contribution in [-0.4, -0.2) is 12.1 Å². The molecule has 0 aliphatic heterocycles. The van der Waals surface area contributed by atoms with Gasteiger partial charge in [-0.05, 0) is 48.3 Å². The predicted molar refractivity (Wildman–Crippen MR) is 80.5 cm³/mol. The Labute approximate surface area is 117 Å². The van der Waals surface area contributed by atoms with Crippen molar-refractivity contribution in [1.82, 2.24) is 0 Å². The van der Waals surface area contributed by atoms with Gasteiger partial charge in [-0.1, -0.05) is 39.8 Å². The molecule has 4 unspecified atom stereocenters. The Morgan fingerprint density at radius 1 is 1.21 bits per heavy atom. The molecule has 0 amide bonds. The van der Waals surface area contributed by atoms with Crippen molar-refractivity contribution in [2.24, 2.45) is 17.6 Å². The third-order valence-corrected chi connectivity index (χ3v) is 4.23. The number of nitrogens with two attached hydrogens (primary N) is 1. The highest BCUT2D eigenvalue weighted by Crippen LogP contribution is 2.31. The molecule has 19 heavy (non-hydrogen) atoms. The van der Waals surface area contributed by atoms with Crippen molar-refractivity contribution in [3.05, 3.63) is 29.8 Å². The van der Waals surface area contributed by atoms with Crippen molar-refractivity contribution in [3.63, 3.8) is 0 Å². The Bertz CT molecular complexity index is 403. The molecule has 2 nitrogen and oxygen atoms in total. The van der Waals surface area contributed by atoms with E-state index in [2.05, 4.69) is 45.9 Å². The molecule has 0 heterocycles. The van der Waals surface area contributed by atoms with Crippen LogP contribution in [0.1, 0.15) is 52.0 Å². The van der Waals surface area contributed by atoms with Crippen LogP contribution in [0.4, 0.5) is 0 Å². The number of ether oxygens (including phenoxy) is 1. The second kappa shape index (κ2) is 5.96. The summed E-state index contributed by atoms with van der Waals surface area (Å²) in [6, 6.07) is 8.59. The third-order valence-electron chi connectivity index (χ3n) is 4.23. The maximum Gasteiger partial charge on any atom is 0.120 e. The van der Waals surface area contributed by atoms with Gasteiger partial charge in [0.25, 0.3) is 0 Å². The summed E-state index contributed by atoms with van der Waals surface area (Å²) >= 11 is 0. The molecule has 0 aromatic heterocycles. The summed E-state index contributed by atoms with van der Waals surface area (Å²) in [6.07, 6.45) is 2.43. The maximum absolute atomic E-state index is 6.28. The summed E-state index contributed by atoms with van der Waals surface area (Å²) in [5.74, 6) is 2.74. The highest BCUT2D eigenvalue weighted by molar-refractivity contribution is 5.30. The van der Waals surface area contributed by atoms with Crippen LogP contribution in [0.2, 0.25) is 0 Å². The summed E-state index contributed by atoms with van der Waals surface area (Å²) < 4.78 is 6.19. The lowest BCUT2D eigenvalue weighted by Gasteiger charge is -2.37. The lowest BCUT2D eigenvalue weighted by Crippen LogP contribution is -2.48. The zero-order chi connectivity index (χ0) is 14.0. The summed E-state index contributed by atoms with van der Waals surface area (Å²) in [4.78, 5) is 0. The van der Waals surface area contributed by atoms with E-state index in [4.69, 9.17) is 10.5 Å². The first-order valence-corrected chi connectivity index (χ1v) is 7.49. The zero-order valence-corrected chi connectivity index (χ0v) is 12.6. The average molecular weight is 261 g/mol. The molecule has 4 atom stereocenters. The van der Waals surface area contributed by atoms with Crippen molar-refractivity contribution in [1.29, 1.82) is 0 Å². The minimum atomic E-state index is 0.151. The summed E-state index contributed by atoms with van der Waals surface area (Å²) in [6.45, 7) is 8.95. The van der Waals surface area contributed by atoms with E-state index >= 15 is 0 Å². The van der Waals surface area contributed by atoms with Crippen LogP contribution in [-0.2, 0) is 0 Å². The van der Waals surface area contributed by atoms with Gasteiger partial charge in [-0.15, -0.1) is 0 Å². The van der Waals surface area contributed by atoms with Crippen molar-refractivity contribution in [2.45, 2.75) is 58.6 Å². The van der Waals surface area contributed by atoms with Crippen LogP contribution in [0.3, 0.4) is 0 Å². The van der Waals surface area contributed by atoms with Gasteiger partial charge in [0, 0.05) is 6.04 Å². The van der Waals surface area contributed by atoms with E-state index in [0.717, 1.165) is 12.2 Å². The standard InChI is InChI=1S/C17H27NO/c1-11(2)14-6-5-7-15(10-14)19-17-13(4)8-12(3)9-16(17)18/h5-7,10-13,16-17H,8-9,18H2,1-4H3. The molecule has 1 aromatic rings. The largest absolute Gasteiger partial charge is 0.489 e. The minimum absolute atomic E-state index is 0.151. The van der Waals surface area contributed by atoms with Gasteiger partial charge in [0.15, 0.2) is 0 Å². The van der Waals surface area contributed by atoms with Crippen molar-refractivity contribution < 1.29 is 4.74 Å². The molecule has 2 heteroatoms. The van der Waals surface area contributed by atoms with Crippen LogP contribution < -0.4 is 10.5 Å². The molecule has 0 bridgehead atoms. The summed E-state index contributed by atoms with van der Waals surface area (Å²) in [7, 11) is 0. The van der Waals surface area contributed by atoms with Crippen molar-refractivity contribution in [3.8, 4) is 5.75 Å². The van der Waals surface area contributed by atoms with E-state index in [1.165, 1.54) is 12.0 Å². The van der Waals surface area contributed by atoms with Gasteiger partial charge in [-0.2, -0.15) is 0 Å². The topological polar surface area (TPSA) is 35.2 Å². The highest BCUT2D eigenvalue weighted by Gasteiger charge is 2.33. The third kappa shape index (κ3) is 3.50. The molecule has 1 aromatic carbocycles. The fourth-order valence-corrected chi connectivity index (χ4v) is 3.19. The predicted octanol–water partition coefficient (Wildman–Crippen LogP) is 3.95. The monoisotopic (exact) mass is 261 g/mol. The van der Waals surface area contributed by atoms with Crippen LogP contribution in [0.5, 0.6) is 5.75 Å². The van der Waals surface area contributed by atoms with Gasteiger partial charge in [-0.3, -0.25) is 0 Å². The van der Waals surface area contributed by atoms with E-state index in [-0.39, 0.29) is 12.1 Å². The fourth-order valence-electron chi connectivity index (χ4n) is 3.19. The van der Waals surface area contributed by atoms with Gasteiger partial charge in [0.1, 0.15) is 11.9 Å². The lowest BCUT2D eigenvalue weighted by molar-refractivity contribution is 0.0625. The first kappa shape index (κ1) is 14.4. The first-order valence-electron chi connectivity index (χ1n) is 7.49. The molecule has 2 N–H and O–H groups in total. The molecular formula is C17H27NO. The van der Waals surface area contributed by atoms with Crippen molar-refractivity contribution in [2.75, 3.05) is 0 Å². The number of hydrogen-bond donors (Lipinski definition) is 1. The van der Waals surface area contributed by atoms with E-state index < -0.39 is 0 Å². The quantitative estimate of drug-likeness (QED) is 0.894. The molecule has 1 aliphatic carbocycles. The number of rotatable bonds is 3. The fraction of sp³-hybridized carbons (Fsp3) is 0.647. The van der Waals surface area contributed by atoms with Gasteiger partial charge < -0.3 is 10.5 Å². The highest BCUT2D eigenvalue weighted by atomic mass is 16.5.